The fraction of sp³-hybridized carbons (Fsp3) is 0.300. The molecular formula is C20H21F2NO4. The van der Waals surface area contributed by atoms with Crippen molar-refractivity contribution in [3.8, 4) is 5.75 Å². The van der Waals surface area contributed by atoms with Crippen molar-refractivity contribution in [1.82, 2.24) is 0 Å². The molecule has 0 aliphatic rings. The monoisotopic (exact) mass is 377 g/mol. The van der Waals surface area contributed by atoms with Crippen molar-refractivity contribution in [2.24, 2.45) is 0 Å². The minimum Gasteiger partial charge on any atom is -0.452 e. The topological polar surface area (TPSA) is 64.6 Å². The number of halogens is 2. The molecule has 1 amide bonds. The van der Waals surface area contributed by atoms with E-state index in [0.717, 1.165) is 16.7 Å². The number of carbonyl (C=O) groups is 2. The van der Waals surface area contributed by atoms with Crippen LogP contribution in [0.2, 0.25) is 0 Å². The number of nitrogens with one attached hydrogen (secondary N) is 1. The molecule has 0 bridgehead atoms. The third kappa shape index (κ3) is 6.06. The Bertz CT molecular complexity index is 823. The number of ether oxygens (including phenoxy) is 2. The molecule has 0 fully saturated rings. The van der Waals surface area contributed by atoms with Gasteiger partial charge in [0, 0.05) is 0 Å². The number of hydrogen-bond donors (Lipinski definition) is 1. The summed E-state index contributed by atoms with van der Waals surface area (Å²) in [5, 5.41) is 2.43. The van der Waals surface area contributed by atoms with Crippen molar-refractivity contribution >= 4 is 17.6 Å². The summed E-state index contributed by atoms with van der Waals surface area (Å²) < 4.78 is 34.3. The third-order valence-corrected chi connectivity index (χ3v) is 3.96. The molecule has 2 aromatic carbocycles. The van der Waals surface area contributed by atoms with Crippen LogP contribution in [0.3, 0.4) is 0 Å². The van der Waals surface area contributed by atoms with Gasteiger partial charge >= 0.3 is 12.6 Å². The number of amides is 1. The zero-order valence-electron chi connectivity index (χ0n) is 15.3. The molecule has 27 heavy (non-hydrogen) atoms. The molecule has 0 aliphatic heterocycles. The van der Waals surface area contributed by atoms with E-state index in [9.17, 15) is 18.4 Å². The van der Waals surface area contributed by atoms with E-state index in [2.05, 4.69) is 10.1 Å². The second-order valence-corrected chi connectivity index (χ2v) is 6.09. The van der Waals surface area contributed by atoms with Crippen LogP contribution in [-0.2, 0) is 20.7 Å². The van der Waals surface area contributed by atoms with Crippen LogP contribution in [0.5, 0.6) is 5.75 Å². The highest BCUT2D eigenvalue weighted by Crippen LogP contribution is 2.25. The summed E-state index contributed by atoms with van der Waals surface area (Å²) in [6.45, 7) is 2.30. The number of rotatable bonds is 7. The van der Waals surface area contributed by atoms with Crippen LogP contribution in [0.15, 0.2) is 42.5 Å². The molecule has 1 atom stereocenters. The molecule has 0 aromatic heterocycles. The Labute approximate surface area is 156 Å². The number of aryl methyl sites for hydroxylation is 2. The number of alkyl halides is 2. The number of para-hydroxylation sites is 2. The van der Waals surface area contributed by atoms with Gasteiger partial charge in [0.2, 0.25) is 0 Å². The van der Waals surface area contributed by atoms with Crippen LogP contribution in [0, 0.1) is 13.8 Å². The number of anilines is 1. The van der Waals surface area contributed by atoms with E-state index in [4.69, 9.17) is 4.74 Å². The summed E-state index contributed by atoms with van der Waals surface area (Å²) >= 11 is 0. The highest BCUT2D eigenvalue weighted by Gasteiger charge is 2.20. The van der Waals surface area contributed by atoms with E-state index in [0.29, 0.717) is 0 Å². The van der Waals surface area contributed by atoms with Crippen molar-refractivity contribution < 1.29 is 27.8 Å². The van der Waals surface area contributed by atoms with Crippen LogP contribution in [0.4, 0.5) is 14.5 Å². The van der Waals surface area contributed by atoms with Gasteiger partial charge in [-0.1, -0.05) is 30.3 Å². The van der Waals surface area contributed by atoms with E-state index < -0.39 is 24.6 Å². The van der Waals surface area contributed by atoms with Gasteiger partial charge in [-0.2, -0.15) is 8.78 Å². The average Bonchev–Trinajstić information content (AvgIpc) is 2.59. The summed E-state index contributed by atoms with van der Waals surface area (Å²) in [4.78, 5) is 24.3. The zero-order chi connectivity index (χ0) is 20.0. The van der Waals surface area contributed by atoms with Gasteiger partial charge in [0.05, 0.1) is 12.1 Å². The predicted molar refractivity (Wildman–Crippen MR) is 96.9 cm³/mol. The second kappa shape index (κ2) is 9.12. The Kier molecular flexibility index (Phi) is 6.87. The molecule has 0 radical (unpaired) electrons. The zero-order valence-corrected chi connectivity index (χ0v) is 15.3. The van der Waals surface area contributed by atoms with Crippen LogP contribution in [0.25, 0.3) is 0 Å². The molecule has 5 nitrogen and oxygen atoms in total. The Morgan fingerprint density at radius 2 is 1.78 bits per heavy atom. The lowest BCUT2D eigenvalue weighted by atomic mass is 10.0. The first-order valence-corrected chi connectivity index (χ1v) is 8.36. The van der Waals surface area contributed by atoms with Gasteiger partial charge < -0.3 is 14.8 Å². The van der Waals surface area contributed by atoms with Crippen LogP contribution in [-0.4, -0.2) is 24.6 Å². The van der Waals surface area contributed by atoms with E-state index >= 15 is 0 Å². The normalized spacial score (nSPS) is 11.8. The second-order valence-electron chi connectivity index (χ2n) is 6.09. The largest absolute Gasteiger partial charge is 0.452 e. The standard InChI is InChI=1S/C20H21F2NO4/c1-12-8-9-15(10-13(12)2)11-18(24)26-14(3)19(25)23-16-6-4-5-7-17(16)27-20(21)22/h4-10,14,20H,11H2,1-3H3,(H,23,25)/t14-/m0/s1. The first kappa shape index (κ1) is 20.4. The van der Waals surface area contributed by atoms with Gasteiger partial charge in [0.15, 0.2) is 6.10 Å². The molecule has 0 spiro atoms. The quantitative estimate of drug-likeness (QED) is 0.741. The molecule has 2 aromatic rings. The van der Waals surface area contributed by atoms with Crippen molar-refractivity contribution in [2.75, 3.05) is 5.32 Å². The minimum absolute atomic E-state index is 0.0316. The summed E-state index contributed by atoms with van der Waals surface area (Å²) in [6, 6.07) is 11.4. The maximum atomic E-state index is 12.4. The van der Waals surface area contributed by atoms with Crippen LogP contribution < -0.4 is 10.1 Å². The molecule has 2 rings (SSSR count). The van der Waals surface area contributed by atoms with Gasteiger partial charge in [-0.25, -0.2) is 0 Å². The maximum Gasteiger partial charge on any atom is 0.387 e. The molecule has 0 saturated carbocycles. The lowest BCUT2D eigenvalue weighted by molar-refractivity contribution is -0.152. The lowest BCUT2D eigenvalue weighted by Crippen LogP contribution is -2.30. The predicted octanol–water partition coefficient (Wildman–Crippen LogP) is 4.02. The van der Waals surface area contributed by atoms with E-state index in [1.807, 2.05) is 32.0 Å². The first-order chi connectivity index (χ1) is 12.8. The Morgan fingerprint density at radius 3 is 2.44 bits per heavy atom. The fourth-order valence-electron chi connectivity index (χ4n) is 2.38. The van der Waals surface area contributed by atoms with Crippen LogP contribution >= 0.6 is 0 Å². The number of esters is 1. The molecule has 0 heterocycles. The van der Waals surface area contributed by atoms with Crippen molar-refractivity contribution in [3.63, 3.8) is 0 Å². The SMILES string of the molecule is Cc1ccc(CC(=O)O[C@@H](C)C(=O)Nc2ccccc2OC(F)F)cc1C. The maximum absolute atomic E-state index is 12.4. The molecule has 0 unspecified atom stereocenters. The first-order valence-electron chi connectivity index (χ1n) is 8.36. The lowest BCUT2D eigenvalue weighted by Gasteiger charge is -2.16. The number of benzene rings is 2. The molecule has 144 valence electrons. The van der Waals surface area contributed by atoms with Gasteiger partial charge in [-0.05, 0) is 49.6 Å². The summed E-state index contributed by atoms with van der Waals surface area (Å²) in [6.07, 6.45) is -1.06. The Balaban J connectivity index is 1.95. The number of hydrogen-bond acceptors (Lipinski definition) is 4. The molecular weight excluding hydrogens is 356 g/mol. The van der Waals surface area contributed by atoms with E-state index in [1.165, 1.54) is 25.1 Å². The van der Waals surface area contributed by atoms with E-state index in [1.54, 1.807) is 6.07 Å². The highest BCUT2D eigenvalue weighted by molar-refractivity contribution is 5.96. The highest BCUT2D eigenvalue weighted by atomic mass is 19.3. The minimum atomic E-state index is -3.02. The van der Waals surface area contributed by atoms with E-state index in [-0.39, 0.29) is 17.9 Å². The van der Waals surface area contributed by atoms with Gasteiger partial charge in [0.1, 0.15) is 5.75 Å². The van der Waals surface area contributed by atoms with Gasteiger partial charge in [-0.3, -0.25) is 9.59 Å². The smallest absolute Gasteiger partial charge is 0.387 e. The van der Waals surface area contributed by atoms with Crippen LogP contribution in [0.1, 0.15) is 23.6 Å². The third-order valence-electron chi connectivity index (χ3n) is 3.96. The summed E-state index contributed by atoms with van der Waals surface area (Å²) in [5.41, 5.74) is 3.03. The van der Waals surface area contributed by atoms with Gasteiger partial charge in [0.25, 0.3) is 5.91 Å². The van der Waals surface area contributed by atoms with Crippen molar-refractivity contribution in [1.29, 1.82) is 0 Å². The van der Waals surface area contributed by atoms with Crippen molar-refractivity contribution in [2.45, 2.75) is 39.9 Å². The molecule has 0 aliphatic carbocycles. The van der Waals surface area contributed by atoms with Gasteiger partial charge in [-0.15, -0.1) is 0 Å². The summed E-state index contributed by atoms with van der Waals surface area (Å²) in [7, 11) is 0. The average molecular weight is 377 g/mol. The molecule has 0 saturated heterocycles. The fourth-order valence-corrected chi connectivity index (χ4v) is 2.38. The number of carbonyl (C=O) groups excluding carboxylic acids is 2. The Hall–Kier alpha value is -2.96. The molecule has 7 heteroatoms. The van der Waals surface area contributed by atoms with Crippen molar-refractivity contribution in [3.05, 3.63) is 59.2 Å². The summed E-state index contributed by atoms with van der Waals surface area (Å²) in [5.74, 6) is -1.37. The Morgan fingerprint density at radius 1 is 1.07 bits per heavy atom. The molecule has 1 N–H and O–H groups in total.